The number of rotatable bonds is 2. The molecule has 0 bridgehead atoms. The van der Waals surface area contributed by atoms with Crippen molar-refractivity contribution in [2.45, 2.75) is 0 Å². The molecule has 5 nitrogen and oxygen atoms in total. The highest BCUT2D eigenvalue weighted by atomic mass is 19.1. The highest BCUT2D eigenvalue weighted by Crippen LogP contribution is 2.19. The van der Waals surface area contributed by atoms with Gasteiger partial charge in [0.25, 0.3) is 5.91 Å². The third-order valence-corrected chi connectivity index (χ3v) is 2.69. The van der Waals surface area contributed by atoms with Crippen LogP contribution >= 0.6 is 0 Å². The summed E-state index contributed by atoms with van der Waals surface area (Å²) in [7, 11) is 1.49. The normalized spacial score (nSPS) is 10.3. The van der Waals surface area contributed by atoms with Crippen molar-refractivity contribution in [3.05, 3.63) is 58.0 Å². The Balaban J connectivity index is 2.35. The van der Waals surface area contributed by atoms with Crippen LogP contribution in [0.5, 0.6) is 0 Å². The van der Waals surface area contributed by atoms with Crippen molar-refractivity contribution in [2.24, 2.45) is 7.05 Å². The number of amides is 1. The summed E-state index contributed by atoms with van der Waals surface area (Å²) in [6.07, 6.45) is 1.34. The number of benzene rings is 1. The molecule has 0 radical (unpaired) electrons. The van der Waals surface area contributed by atoms with Gasteiger partial charge in [-0.05, 0) is 18.2 Å². The van der Waals surface area contributed by atoms with E-state index < -0.39 is 23.1 Å². The minimum absolute atomic E-state index is 0.235. The van der Waals surface area contributed by atoms with E-state index in [4.69, 9.17) is 5.73 Å². The van der Waals surface area contributed by atoms with Gasteiger partial charge < -0.3 is 15.6 Å². The van der Waals surface area contributed by atoms with Gasteiger partial charge in [0, 0.05) is 19.3 Å². The van der Waals surface area contributed by atoms with Crippen molar-refractivity contribution in [3.63, 3.8) is 0 Å². The fraction of sp³-hybridized carbons (Fsp3) is 0.0769. The third-order valence-electron chi connectivity index (χ3n) is 2.69. The van der Waals surface area contributed by atoms with Gasteiger partial charge in [-0.15, -0.1) is 0 Å². The maximum absolute atomic E-state index is 13.7. The first-order valence-electron chi connectivity index (χ1n) is 5.61. The van der Waals surface area contributed by atoms with Crippen LogP contribution in [0.3, 0.4) is 0 Å². The van der Waals surface area contributed by atoms with Gasteiger partial charge in [-0.1, -0.05) is 0 Å². The molecule has 1 aromatic heterocycles. The summed E-state index contributed by atoms with van der Waals surface area (Å²) in [5.74, 6) is -3.11. The maximum Gasteiger partial charge on any atom is 0.261 e. The number of anilines is 2. The number of pyridine rings is 1. The summed E-state index contributed by atoms with van der Waals surface area (Å²) in [5, 5.41) is 2.30. The number of aryl methyl sites for hydroxylation is 1. The van der Waals surface area contributed by atoms with E-state index in [1.165, 1.54) is 29.9 Å². The van der Waals surface area contributed by atoms with Crippen LogP contribution in [-0.4, -0.2) is 10.5 Å². The number of aromatic nitrogens is 1. The average molecular weight is 279 g/mol. The molecule has 0 saturated carbocycles. The lowest BCUT2D eigenvalue weighted by atomic mass is 10.1. The summed E-state index contributed by atoms with van der Waals surface area (Å²) in [4.78, 5) is 23.1. The molecule has 0 aliphatic rings. The van der Waals surface area contributed by atoms with E-state index in [2.05, 4.69) is 5.32 Å². The van der Waals surface area contributed by atoms with Gasteiger partial charge >= 0.3 is 0 Å². The number of carbonyl (C=O) groups excluding carboxylic acids is 1. The molecule has 2 aromatic rings. The van der Waals surface area contributed by atoms with Gasteiger partial charge in [-0.3, -0.25) is 9.59 Å². The molecule has 0 spiro atoms. The Morgan fingerprint density at radius 3 is 2.60 bits per heavy atom. The molecule has 0 saturated heterocycles. The van der Waals surface area contributed by atoms with Crippen molar-refractivity contribution in [2.75, 3.05) is 11.1 Å². The first-order valence-corrected chi connectivity index (χ1v) is 5.61. The van der Waals surface area contributed by atoms with Crippen molar-refractivity contribution in [3.8, 4) is 0 Å². The van der Waals surface area contributed by atoms with Gasteiger partial charge in [0.05, 0.1) is 11.4 Å². The van der Waals surface area contributed by atoms with Gasteiger partial charge in [-0.2, -0.15) is 0 Å². The van der Waals surface area contributed by atoms with Crippen LogP contribution in [0.4, 0.5) is 20.2 Å². The van der Waals surface area contributed by atoms with Crippen LogP contribution in [0.1, 0.15) is 10.4 Å². The Hall–Kier alpha value is -2.70. The molecule has 0 fully saturated rings. The van der Waals surface area contributed by atoms with E-state index in [1.807, 2.05) is 0 Å². The van der Waals surface area contributed by atoms with Crippen LogP contribution in [0.15, 0.2) is 35.3 Å². The fourth-order valence-corrected chi connectivity index (χ4v) is 1.64. The molecule has 0 aliphatic carbocycles. The number of halogens is 2. The third kappa shape index (κ3) is 2.51. The summed E-state index contributed by atoms with van der Waals surface area (Å²) in [6, 6.07) is 4.51. The summed E-state index contributed by atoms with van der Waals surface area (Å²) >= 11 is 0. The molecule has 1 amide bonds. The first kappa shape index (κ1) is 13.7. The summed E-state index contributed by atoms with van der Waals surface area (Å²) in [5.41, 5.74) is 4.17. The van der Waals surface area contributed by atoms with Crippen LogP contribution in [-0.2, 0) is 7.05 Å². The van der Waals surface area contributed by atoms with Crippen LogP contribution in [0.25, 0.3) is 0 Å². The topological polar surface area (TPSA) is 77.1 Å². The molecule has 0 unspecified atom stereocenters. The smallest absolute Gasteiger partial charge is 0.261 e. The minimum atomic E-state index is -1.12. The number of nitrogens with two attached hydrogens (primary N) is 1. The molecule has 0 aliphatic heterocycles. The Bertz CT molecular complexity index is 741. The van der Waals surface area contributed by atoms with E-state index in [-0.39, 0.29) is 16.9 Å². The van der Waals surface area contributed by atoms with E-state index in [0.717, 1.165) is 12.1 Å². The van der Waals surface area contributed by atoms with Gasteiger partial charge in [0.2, 0.25) is 5.56 Å². The number of hydrogen-bond donors (Lipinski definition) is 2. The minimum Gasteiger partial charge on any atom is -0.396 e. The Morgan fingerprint density at radius 2 is 1.95 bits per heavy atom. The molecular weight excluding hydrogens is 268 g/mol. The molecule has 7 heteroatoms. The summed E-state index contributed by atoms with van der Waals surface area (Å²) < 4.78 is 28.4. The van der Waals surface area contributed by atoms with Crippen molar-refractivity contribution in [1.29, 1.82) is 0 Å². The average Bonchev–Trinajstić information content (AvgIpc) is 2.39. The number of nitrogens with zero attached hydrogens (tertiary/aromatic N) is 1. The second kappa shape index (κ2) is 5.12. The molecule has 0 atom stereocenters. The predicted molar refractivity (Wildman–Crippen MR) is 70.4 cm³/mol. The fourth-order valence-electron chi connectivity index (χ4n) is 1.64. The maximum atomic E-state index is 13.7. The van der Waals surface area contributed by atoms with Gasteiger partial charge in [0.1, 0.15) is 11.4 Å². The first-order chi connectivity index (χ1) is 9.40. The molecule has 20 heavy (non-hydrogen) atoms. The largest absolute Gasteiger partial charge is 0.396 e. The zero-order valence-electron chi connectivity index (χ0n) is 10.5. The number of nitrogens with one attached hydrogen (secondary N) is 1. The quantitative estimate of drug-likeness (QED) is 0.818. The van der Waals surface area contributed by atoms with E-state index in [1.54, 1.807) is 0 Å². The predicted octanol–water partition coefficient (Wildman–Crippen LogP) is 1.50. The van der Waals surface area contributed by atoms with Crippen molar-refractivity contribution < 1.29 is 13.6 Å². The summed E-state index contributed by atoms with van der Waals surface area (Å²) in [6.45, 7) is 0. The lowest BCUT2D eigenvalue weighted by Crippen LogP contribution is -2.20. The van der Waals surface area contributed by atoms with E-state index >= 15 is 0 Å². The molecule has 2 rings (SSSR count). The van der Waals surface area contributed by atoms with Crippen molar-refractivity contribution in [1.82, 2.24) is 4.57 Å². The molecule has 1 aromatic carbocycles. The molecule has 3 N–H and O–H groups in total. The lowest BCUT2D eigenvalue weighted by Gasteiger charge is -2.09. The molecule has 104 valence electrons. The standard InChI is InChI=1S/C13H11F2N3O2/c1-18-6-7(2-5-10(18)19)17-13(20)11-8(14)3-4-9(16)12(11)15/h2-6H,16H2,1H3,(H,17,20). The molecule has 1 heterocycles. The molecular formula is C13H11F2N3O2. The van der Waals surface area contributed by atoms with Gasteiger partial charge in [0.15, 0.2) is 5.82 Å². The van der Waals surface area contributed by atoms with E-state index in [0.29, 0.717) is 0 Å². The van der Waals surface area contributed by atoms with Gasteiger partial charge in [-0.25, -0.2) is 8.78 Å². The van der Waals surface area contributed by atoms with Crippen LogP contribution < -0.4 is 16.6 Å². The highest BCUT2D eigenvalue weighted by Gasteiger charge is 2.19. The number of carbonyl (C=O) groups is 1. The van der Waals surface area contributed by atoms with E-state index in [9.17, 15) is 18.4 Å². The highest BCUT2D eigenvalue weighted by molar-refractivity contribution is 6.05. The Kier molecular flexibility index (Phi) is 3.51. The number of hydrogen-bond acceptors (Lipinski definition) is 3. The van der Waals surface area contributed by atoms with Crippen LogP contribution in [0.2, 0.25) is 0 Å². The van der Waals surface area contributed by atoms with Crippen LogP contribution in [0, 0.1) is 11.6 Å². The SMILES string of the molecule is Cn1cc(NC(=O)c2c(F)ccc(N)c2F)ccc1=O. The number of nitrogen functional groups attached to an aromatic ring is 1. The van der Waals surface area contributed by atoms with Crippen molar-refractivity contribution >= 4 is 17.3 Å². The zero-order chi connectivity index (χ0) is 14.9. The lowest BCUT2D eigenvalue weighted by molar-refractivity contribution is 0.101. The monoisotopic (exact) mass is 279 g/mol. The zero-order valence-corrected chi connectivity index (χ0v) is 10.5. The Morgan fingerprint density at radius 1 is 1.25 bits per heavy atom. The Labute approximate surface area is 112 Å². The second-order valence-electron chi connectivity index (χ2n) is 4.15. The second-order valence-corrected chi connectivity index (χ2v) is 4.15.